The van der Waals surface area contributed by atoms with Gasteiger partial charge in [0.25, 0.3) is 16.9 Å². The third-order valence-corrected chi connectivity index (χ3v) is 1.75. The lowest BCUT2D eigenvalue weighted by atomic mass is 10.5. The van der Waals surface area contributed by atoms with E-state index in [1.165, 1.54) is 4.68 Å². The van der Waals surface area contributed by atoms with Crippen LogP contribution in [0.15, 0.2) is 6.20 Å². The van der Waals surface area contributed by atoms with Gasteiger partial charge < -0.3 is 0 Å². The van der Waals surface area contributed by atoms with Crippen LogP contribution in [0.25, 0.3) is 5.82 Å². The molecule has 0 saturated heterocycles. The summed E-state index contributed by atoms with van der Waals surface area (Å²) in [6.07, 6.45) is 0.984. The fourth-order valence-electron chi connectivity index (χ4n) is 0.951. The van der Waals surface area contributed by atoms with Crippen molar-refractivity contribution < 1.29 is 9.07 Å². The number of aryl methyl sites for hydroxylation is 1. The first-order chi connectivity index (χ1) is 6.68. The van der Waals surface area contributed by atoms with Crippen molar-refractivity contribution in [2.45, 2.75) is 6.92 Å². The summed E-state index contributed by atoms with van der Waals surface area (Å²) in [5.41, 5.74) is 0. The predicted octanol–water partition coefficient (Wildman–Crippen LogP) is -0.0277. The van der Waals surface area contributed by atoms with E-state index in [-0.39, 0.29) is 11.1 Å². The van der Waals surface area contributed by atoms with Gasteiger partial charge in [-0.25, -0.2) is 4.98 Å². The number of hydrogen-bond donors (Lipinski definition) is 1. The van der Waals surface area contributed by atoms with Gasteiger partial charge in [0.15, 0.2) is 0 Å². The second-order valence-corrected chi connectivity index (χ2v) is 2.83. The molecule has 0 aliphatic carbocycles. The molecule has 0 bridgehead atoms. The second-order valence-electron chi connectivity index (χ2n) is 2.49. The molecule has 0 aliphatic heterocycles. The molecule has 0 aromatic carbocycles. The lowest BCUT2D eigenvalue weighted by molar-refractivity contribution is -0.671. The summed E-state index contributed by atoms with van der Waals surface area (Å²) >= 11 is 5.53. The number of halogens is 2. The van der Waals surface area contributed by atoms with Gasteiger partial charge in [0, 0.05) is 12.0 Å². The Labute approximate surface area is 82.7 Å². The summed E-state index contributed by atoms with van der Waals surface area (Å²) in [7, 11) is 0. The van der Waals surface area contributed by atoms with Crippen molar-refractivity contribution in [3.05, 3.63) is 23.1 Å². The quantitative estimate of drug-likeness (QED) is 0.536. The Morgan fingerprint density at radius 1 is 1.57 bits per heavy atom. The highest BCUT2D eigenvalue weighted by molar-refractivity contribution is 6.28. The van der Waals surface area contributed by atoms with E-state index >= 15 is 0 Å². The lowest BCUT2D eigenvalue weighted by Gasteiger charge is -1.95. The topological polar surface area (TPSA) is 71.2 Å². The molecule has 0 aliphatic rings. The van der Waals surface area contributed by atoms with Gasteiger partial charge in [-0.2, -0.15) is 4.39 Å². The first-order valence-corrected chi connectivity index (χ1v) is 4.04. The maximum Gasteiger partial charge on any atom is 0.295 e. The Balaban J connectivity index is 2.62. The molecule has 2 aromatic heterocycles. The molecule has 2 rings (SSSR count). The van der Waals surface area contributed by atoms with Gasteiger partial charge in [0.2, 0.25) is 5.82 Å². The first-order valence-electron chi connectivity index (χ1n) is 3.66. The molecule has 0 spiro atoms. The summed E-state index contributed by atoms with van der Waals surface area (Å²) in [5.74, 6) is -0.139. The summed E-state index contributed by atoms with van der Waals surface area (Å²) in [5, 5.41) is 9.56. The van der Waals surface area contributed by atoms with E-state index in [1.807, 2.05) is 0 Å². The minimum absolute atomic E-state index is 0.00694. The Kier molecular flexibility index (Phi) is 2.08. The fourth-order valence-corrected chi connectivity index (χ4v) is 1.08. The van der Waals surface area contributed by atoms with E-state index in [1.54, 1.807) is 6.92 Å². The molecule has 2 heterocycles. The zero-order valence-corrected chi connectivity index (χ0v) is 7.83. The Morgan fingerprint density at radius 3 is 3.00 bits per heavy atom. The van der Waals surface area contributed by atoms with Gasteiger partial charge in [-0.15, -0.1) is 4.68 Å². The van der Waals surface area contributed by atoms with Crippen LogP contribution in [-0.4, -0.2) is 25.5 Å². The molecule has 2 aromatic rings. The van der Waals surface area contributed by atoms with Gasteiger partial charge in [-0.1, -0.05) is 10.2 Å². The van der Waals surface area contributed by atoms with Gasteiger partial charge in [0.1, 0.15) is 5.21 Å². The Bertz CT molecular complexity index is 469. The van der Waals surface area contributed by atoms with Crippen LogP contribution in [0.5, 0.6) is 0 Å². The number of aromatic nitrogens is 6. The minimum Gasteiger partial charge on any atom is -0.212 e. The van der Waals surface area contributed by atoms with E-state index < -0.39 is 5.82 Å². The molecule has 14 heavy (non-hydrogen) atoms. The van der Waals surface area contributed by atoms with Crippen molar-refractivity contribution in [1.82, 2.24) is 25.5 Å². The van der Waals surface area contributed by atoms with Crippen molar-refractivity contribution in [2.75, 3.05) is 0 Å². The SMILES string of the molecule is Cc1nn[nH][n+]1-c1nc(Cl)ncc1F. The highest BCUT2D eigenvalue weighted by atomic mass is 35.5. The van der Waals surface area contributed by atoms with Crippen LogP contribution in [0.2, 0.25) is 5.28 Å². The minimum atomic E-state index is -0.603. The molecule has 0 fully saturated rings. The van der Waals surface area contributed by atoms with Gasteiger partial charge in [0.05, 0.1) is 6.20 Å². The van der Waals surface area contributed by atoms with Crippen molar-refractivity contribution in [1.29, 1.82) is 0 Å². The Morgan fingerprint density at radius 2 is 2.36 bits per heavy atom. The molecular weight excluding hydrogens is 211 g/mol. The maximum atomic E-state index is 13.2. The summed E-state index contributed by atoms with van der Waals surface area (Å²) in [6, 6.07) is 0. The van der Waals surface area contributed by atoms with Crippen LogP contribution < -0.4 is 4.68 Å². The van der Waals surface area contributed by atoms with Crippen LogP contribution in [0, 0.1) is 12.7 Å². The van der Waals surface area contributed by atoms with Crippen molar-refractivity contribution in [2.24, 2.45) is 0 Å². The molecule has 1 N–H and O–H groups in total. The molecule has 0 atom stereocenters. The zero-order chi connectivity index (χ0) is 10.1. The number of hydrogen-bond acceptors (Lipinski definition) is 4. The highest BCUT2D eigenvalue weighted by Crippen LogP contribution is 2.05. The number of tetrazole rings is 1. The van der Waals surface area contributed by atoms with Gasteiger partial charge in [-0.05, 0) is 11.6 Å². The second kappa shape index (κ2) is 3.26. The third kappa shape index (κ3) is 1.41. The normalized spacial score (nSPS) is 10.5. The maximum absolute atomic E-state index is 13.2. The average molecular weight is 216 g/mol. The van der Waals surface area contributed by atoms with Crippen molar-refractivity contribution in [3.8, 4) is 5.82 Å². The largest absolute Gasteiger partial charge is 0.295 e. The molecule has 0 radical (unpaired) electrons. The molecule has 0 amide bonds. The summed E-state index contributed by atoms with van der Waals surface area (Å²) in [6.45, 7) is 1.65. The molecular formula is C6H5ClFN6+. The van der Waals surface area contributed by atoms with Gasteiger partial charge >= 0.3 is 0 Å². The molecule has 6 nitrogen and oxygen atoms in total. The van der Waals surface area contributed by atoms with E-state index in [4.69, 9.17) is 11.6 Å². The van der Waals surface area contributed by atoms with Crippen molar-refractivity contribution >= 4 is 11.6 Å². The van der Waals surface area contributed by atoms with Crippen LogP contribution in [0.3, 0.4) is 0 Å². The lowest BCUT2D eigenvalue weighted by Crippen LogP contribution is -2.38. The van der Waals surface area contributed by atoms with E-state index in [2.05, 4.69) is 25.5 Å². The highest BCUT2D eigenvalue weighted by Gasteiger charge is 2.18. The van der Waals surface area contributed by atoms with Crippen LogP contribution >= 0.6 is 11.6 Å². The number of rotatable bonds is 1. The number of nitrogens with one attached hydrogen (secondary N) is 1. The molecule has 0 unspecified atom stereocenters. The average Bonchev–Trinajstić information content (AvgIpc) is 2.56. The Hall–Kier alpha value is -1.63. The van der Waals surface area contributed by atoms with E-state index in [0.717, 1.165) is 6.20 Å². The number of H-pyrrole nitrogens is 1. The standard InChI is InChI=1S/C6H4ClFN6/c1-3-11-12-13-14(3)5-4(8)2-9-6(7)10-5/h2H,1H3/p+1. The molecule has 8 heteroatoms. The van der Waals surface area contributed by atoms with E-state index in [0.29, 0.717) is 5.82 Å². The summed E-state index contributed by atoms with van der Waals surface area (Å²) in [4.78, 5) is 7.20. The van der Waals surface area contributed by atoms with Crippen molar-refractivity contribution in [3.63, 3.8) is 0 Å². The molecule has 72 valence electrons. The van der Waals surface area contributed by atoms with E-state index in [9.17, 15) is 4.39 Å². The fraction of sp³-hybridized carbons (Fsp3) is 0.167. The first kappa shape index (κ1) is 8.95. The smallest absolute Gasteiger partial charge is 0.212 e. The number of nitrogens with zero attached hydrogens (tertiary/aromatic N) is 5. The third-order valence-electron chi connectivity index (χ3n) is 1.57. The zero-order valence-electron chi connectivity index (χ0n) is 7.07. The molecule has 0 saturated carbocycles. The summed E-state index contributed by atoms with van der Waals surface area (Å²) < 4.78 is 14.5. The van der Waals surface area contributed by atoms with Crippen LogP contribution in [0.4, 0.5) is 4.39 Å². The van der Waals surface area contributed by atoms with Gasteiger partial charge in [-0.3, -0.25) is 0 Å². The number of aromatic amines is 1. The van der Waals surface area contributed by atoms with Crippen LogP contribution in [0.1, 0.15) is 5.82 Å². The van der Waals surface area contributed by atoms with Crippen LogP contribution in [-0.2, 0) is 0 Å². The monoisotopic (exact) mass is 215 g/mol. The predicted molar refractivity (Wildman–Crippen MR) is 43.2 cm³/mol.